The van der Waals surface area contributed by atoms with Crippen molar-refractivity contribution >= 4 is 11.6 Å². The van der Waals surface area contributed by atoms with Gasteiger partial charge in [0.05, 0.1) is 18.6 Å². The summed E-state index contributed by atoms with van der Waals surface area (Å²) in [5, 5.41) is 4.08. The molecule has 2 rings (SSSR count). The van der Waals surface area contributed by atoms with Crippen LogP contribution in [-0.2, 0) is 17.8 Å². The molecule has 0 radical (unpaired) electrons. The van der Waals surface area contributed by atoms with Crippen molar-refractivity contribution in [2.45, 2.75) is 13.1 Å². The van der Waals surface area contributed by atoms with Crippen molar-refractivity contribution in [3.8, 4) is 0 Å². The molecule has 0 unspecified atom stereocenters. The van der Waals surface area contributed by atoms with Crippen molar-refractivity contribution in [3.63, 3.8) is 0 Å². The second-order valence-electron chi connectivity index (χ2n) is 4.31. The Hall–Kier alpha value is -1.36. The number of benzene rings is 1. The van der Waals surface area contributed by atoms with E-state index < -0.39 is 0 Å². The van der Waals surface area contributed by atoms with E-state index >= 15 is 0 Å². The highest BCUT2D eigenvalue weighted by molar-refractivity contribution is 6.30. The Morgan fingerprint density at radius 3 is 3.11 bits per heavy atom. The molecule has 0 amide bonds. The average molecular weight is 280 g/mol. The zero-order chi connectivity index (χ0) is 13.5. The summed E-state index contributed by atoms with van der Waals surface area (Å²) in [5.41, 5.74) is 2.32. The number of ether oxygens (including phenoxy) is 1. The third kappa shape index (κ3) is 4.35. The summed E-state index contributed by atoms with van der Waals surface area (Å²) >= 11 is 5.99. The summed E-state index contributed by atoms with van der Waals surface area (Å²) in [6, 6.07) is 7.88. The van der Waals surface area contributed by atoms with Crippen LogP contribution in [0.1, 0.15) is 11.3 Å². The van der Waals surface area contributed by atoms with E-state index in [1.807, 2.05) is 30.7 Å². The Morgan fingerprint density at radius 1 is 1.42 bits per heavy atom. The number of nitrogens with zero attached hydrogens (tertiary/aromatic N) is 2. The minimum Gasteiger partial charge on any atom is -0.383 e. The van der Waals surface area contributed by atoms with E-state index in [1.165, 1.54) is 5.56 Å². The molecule has 0 saturated carbocycles. The minimum atomic E-state index is 0.711. The number of nitrogens with one attached hydrogen (secondary N) is 1. The Kier molecular flexibility index (Phi) is 5.39. The highest BCUT2D eigenvalue weighted by Gasteiger charge is 2.03. The molecular weight excluding hydrogens is 262 g/mol. The molecule has 1 heterocycles. The van der Waals surface area contributed by atoms with Gasteiger partial charge in [-0.1, -0.05) is 23.7 Å². The first-order chi connectivity index (χ1) is 9.29. The fraction of sp³-hybridized carbons (Fsp3) is 0.357. The van der Waals surface area contributed by atoms with Crippen LogP contribution in [0.5, 0.6) is 0 Å². The molecule has 0 fully saturated rings. The largest absolute Gasteiger partial charge is 0.383 e. The van der Waals surface area contributed by atoms with Crippen molar-refractivity contribution in [2.75, 3.05) is 20.3 Å². The molecule has 0 spiro atoms. The lowest BCUT2D eigenvalue weighted by Crippen LogP contribution is -2.20. The summed E-state index contributed by atoms with van der Waals surface area (Å²) in [7, 11) is 1.70. The Bertz CT molecular complexity index is 513. The maximum Gasteiger partial charge on any atom is 0.0951 e. The molecule has 2 aromatic rings. The molecular formula is C14H18ClN3O. The van der Waals surface area contributed by atoms with Crippen molar-refractivity contribution in [2.24, 2.45) is 0 Å². The maximum atomic E-state index is 5.99. The number of methoxy groups -OCH3 is 1. The van der Waals surface area contributed by atoms with Crippen molar-refractivity contribution in [3.05, 3.63) is 53.1 Å². The summed E-state index contributed by atoms with van der Waals surface area (Å²) < 4.78 is 7.12. The lowest BCUT2D eigenvalue weighted by atomic mass is 10.2. The fourth-order valence-electron chi connectivity index (χ4n) is 1.86. The maximum absolute atomic E-state index is 5.99. The topological polar surface area (TPSA) is 39.1 Å². The van der Waals surface area contributed by atoms with Crippen LogP contribution in [0.25, 0.3) is 0 Å². The molecule has 4 nitrogen and oxygen atoms in total. The average Bonchev–Trinajstić information content (AvgIpc) is 2.82. The Morgan fingerprint density at radius 2 is 2.32 bits per heavy atom. The van der Waals surface area contributed by atoms with Gasteiger partial charge in [-0.2, -0.15) is 0 Å². The fourth-order valence-corrected chi connectivity index (χ4v) is 2.07. The molecule has 0 aliphatic carbocycles. The van der Waals surface area contributed by atoms with Gasteiger partial charge in [-0.3, -0.25) is 0 Å². The lowest BCUT2D eigenvalue weighted by molar-refractivity contribution is 0.199. The van der Waals surface area contributed by atoms with E-state index in [-0.39, 0.29) is 0 Å². The second kappa shape index (κ2) is 7.28. The van der Waals surface area contributed by atoms with Crippen LogP contribution in [0.2, 0.25) is 5.02 Å². The standard InChI is InChI=1S/C14H18ClN3O/c1-19-6-5-16-8-14-9-17-11-18(14)10-12-3-2-4-13(15)7-12/h2-4,7,9,11,16H,5-6,8,10H2,1H3. The number of aromatic nitrogens is 2. The Balaban J connectivity index is 1.95. The zero-order valence-corrected chi connectivity index (χ0v) is 11.7. The molecule has 1 aromatic heterocycles. The molecule has 0 atom stereocenters. The van der Waals surface area contributed by atoms with Crippen LogP contribution < -0.4 is 5.32 Å². The van der Waals surface area contributed by atoms with Gasteiger partial charge in [0.25, 0.3) is 0 Å². The number of hydrogen-bond acceptors (Lipinski definition) is 3. The van der Waals surface area contributed by atoms with Gasteiger partial charge in [-0.05, 0) is 17.7 Å². The third-order valence-corrected chi connectivity index (χ3v) is 3.06. The van der Waals surface area contributed by atoms with Crippen LogP contribution in [0, 0.1) is 0 Å². The number of rotatable bonds is 7. The van der Waals surface area contributed by atoms with Gasteiger partial charge in [0.15, 0.2) is 0 Å². The van der Waals surface area contributed by atoms with Crippen LogP contribution in [0.3, 0.4) is 0 Å². The van der Waals surface area contributed by atoms with Crippen molar-refractivity contribution < 1.29 is 4.74 Å². The highest BCUT2D eigenvalue weighted by atomic mass is 35.5. The highest BCUT2D eigenvalue weighted by Crippen LogP contribution is 2.12. The lowest BCUT2D eigenvalue weighted by Gasteiger charge is -2.09. The molecule has 1 aromatic carbocycles. The van der Waals surface area contributed by atoms with E-state index in [0.29, 0.717) is 6.61 Å². The van der Waals surface area contributed by atoms with Gasteiger partial charge in [-0.15, -0.1) is 0 Å². The molecule has 0 bridgehead atoms. The van der Waals surface area contributed by atoms with E-state index in [1.54, 1.807) is 7.11 Å². The van der Waals surface area contributed by atoms with E-state index in [9.17, 15) is 0 Å². The second-order valence-corrected chi connectivity index (χ2v) is 4.75. The van der Waals surface area contributed by atoms with Gasteiger partial charge in [0.2, 0.25) is 0 Å². The van der Waals surface area contributed by atoms with Gasteiger partial charge in [0, 0.05) is 38.0 Å². The molecule has 0 aliphatic heterocycles. The minimum absolute atomic E-state index is 0.711. The first-order valence-electron chi connectivity index (χ1n) is 6.22. The Labute approximate surface area is 118 Å². The SMILES string of the molecule is COCCNCc1cncn1Cc1cccc(Cl)c1. The van der Waals surface area contributed by atoms with Crippen LogP contribution in [-0.4, -0.2) is 29.8 Å². The summed E-state index contributed by atoms with van der Waals surface area (Å²) in [6.45, 7) is 3.10. The van der Waals surface area contributed by atoms with Gasteiger partial charge >= 0.3 is 0 Å². The monoisotopic (exact) mass is 279 g/mol. The molecule has 19 heavy (non-hydrogen) atoms. The molecule has 5 heteroatoms. The van der Waals surface area contributed by atoms with Crippen molar-refractivity contribution in [1.82, 2.24) is 14.9 Å². The van der Waals surface area contributed by atoms with Crippen molar-refractivity contribution in [1.29, 1.82) is 0 Å². The number of hydrogen-bond donors (Lipinski definition) is 1. The van der Waals surface area contributed by atoms with Gasteiger partial charge in [-0.25, -0.2) is 4.98 Å². The van der Waals surface area contributed by atoms with E-state index in [2.05, 4.69) is 20.9 Å². The smallest absolute Gasteiger partial charge is 0.0951 e. The molecule has 0 saturated heterocycles. The summed E-state index contributed by atoms with van der Waals surface area (Å²) in [5.74, 6) is 0. The molecule has 102 valence electrons. The normalized spacial score (nSPS) is 10.8. The van der Waals surface area contributed by atoms with E-state index in [0.717, 1.165) is 30.4 Å². The predicted octanol–water partition coefficient (Wildman–Crippen LogP) is 2.32. The van der Waals surface area contributed by atoms with Gasteiger partial charge in [0.1, 0.15) is 0 Å². The molecule has 0 aliphatic rings. The first kappa shape index (κ1) is 14.1. The van der Waals surface area contributed by atoms with E-state index in [4.69, 9.17) is 16.3 Å². The van der Waals surface area contributed by atoms with Gasteiger partial charge < -0.3 is 14.6 Å². The summed E-state index contributed by atoms with van der Waals surface area (Å²) in [4.78, 5) is 4.20. The first-order valence-corrected chi connectivity index (χ1v) is 6.60. The molecule has 1 N–H and O–H groups in total. The quantitative estimate of drug-likeness (QED) is 0.791. The number of halogens is 1. The zero-order valence-electron chi connectivity index (χ0n) is 11.0. The van der Waals surface area contributed by atoms with Crippen LogP contribution in [0.4, 0.5) is 0 Å². The number of imidazole rings is 1. The third-order valence-electron chi connectivity index (χ3n) is 2.83. The summed E-state index contributed by atoms with van der Waals surface area (Å²) in [6.07, 6.45) is 3.72. The van der Waals surface area contributed by atoms with Crippen LogP contribution >= 0.6 is 11.6 Å². The van der Waals surface area contributed by atoms with Crippen LogP contribution in [0.15, 0.2) is 36.8 Å². The predicted molar refractivity (Wildman–Crippen MR) is 76.4 cm³/mol.